The summed E-state index contributed by atoms with van der Waals surface area (Å²) in [4.78, 5) is 1.42. The van der Waals surface area contributed by atoms with E-state index in [0.717, 1.165) is 5.92 Å². The molecule has 0 saturated carbocycles. The van der Waals surface area contributed by atoms with Crippen molar-refractivity contribution in [3.63, 3.8) is 0 Å². The molecule has 1 aromatic carbocycles. The van der Waals surface area contributed by atoms with Crippen LogP contribution < -0.4 is 0 Å². The van der Waals surface area contributed by atoms with E-state index in [1.807, 2.05) is 11.8 Å². The quantitative estimate of drug-likeness (QED) is 0.635. The Morgan fingerprint density at radius 1 is 1.13 bits per heavy atom. The van der Waals surface area contributed by atoms with Crippen LogP contribution in [0, 0.1) is 5.92 Å². The topological polar surface area (TPSA) is 0 Å². The van der Waals surface area contributed by atoms with Crippen LogP contribution in [0.2, 0.25) is 0 Å². The van der Waals surface area contributed by atoms with Crippen molar-refractivity contribution < 1.29 is 0 Å². The third-order valence-corrected chi connectivity index (χ3v) is 3.52. The van der Waals surface area contributed by atoms with Crippen molar-refractivity contribution >= 4 is 11.8 Å². The minimum Gasteiger partial charge on any atom is -0.126 e. The number of rotatable bonds is 5. The second-order valence-electron chi connectivity index (χ2n) is 4.76. The van der Waals surface area contributed by atoms with Crippen LogP contribution in [0.15, 0.2) is 29.2 Å². The summed E-state index contributed by atoms with van der Waals surface area (Å²) in [6, 6.07) is 8.94. The van der Waals surface area contributed by atoms with Gasteiger partial charge >= 0.3 is 0 Å². The lowest BCUT2D eigenvalue weighted by Crippen LogP contribution is -1.90. The first-order valence-corrected chi connectivity index (χ1v) is 6.81. The highest BCUT2D eigenvalue weighted by Gasteiger charge is 2.01. The Labute approximate surface area is 98.5 Å². The highest BCUT2D eigenvalue weighted by molar-refractivity contribution is 7.99. The monoisotopic (exact) mass is 222 g/mol. The van der Waals surface area contributed by atoms with Gasteiger partial charge in [-0.15, -0.1) is 11.8 Å². The molecule has 15 heavy (non-hydrogen) atoms. The van der Waals surface area contributed by atoms with Crippen molar-refractivity contribution in [1.29, 1.82) is 0 Å². The maximum atomic E-state index is 2.33. The molecule has 0 nitrogen and oxygen atoms in total. The molecule has 0 saturated heterocycles. The highest BCUT2D eigenvalue weighted by atomic mass is 32.2. The van der Waals surface area contributed by atoms with Gasteiger partial charge in [-0.1, -0.05) is 39.8 Å². The summed E-state index contributed by atoms with van der Waals surface area (Å²) in [6.07, 6.45) is 1.30. The average Bonchev–Trinajstić information content (AvgIpc) is 2.17. The van der Waals surface area contributed by atoms with Crippen LogP contribution in [0.4, 0.5) is 0 Å². The standard InChI is InChI=1S/C14H22S/c1-11(2)8-9-15-14-7-5-6-13(10-14)12(3)4/h5-7,10-12H,8-9H2,1-4H3. The predicted octanol–water partition coefficient (Wildman–Crippen LogP) is 4.95. The maximum absolute atomic E-state index is 2.33. The molecule has 0 aliphatic rings. The molecule has 0 aromatic heterocycles. The summed E-state index contributed by atoms with van der Waals surface area (Å²) in [5, 5.41) is 0. The van der Waals surface area contributed by atoms with Crippen molar-refractivity contribution in [3.8, 4) is 0 Å². The van der Waals surface area contributed by atoms with E-state index in [-0.39, 0.29) is 0 Å². The van der Waals surface area contributed by atoms with Crippen molar-refractivity contribution in [2.24, 2.45) is 5.92 Å². The van der Waals surface area contributed by atoms with Crippen LogP contribution in [0.1, 0.15) is 45.6 Å². The van der Waals surface area contributed by atoms with Gasteiger partial charge in [-0.25, -0.2) is 0 Å². The van der Waals surface area contributed by atoms with Crippen LogP contribution >= 0.6 is 11.8 Å². The van der Waals surface area contributed by atoms with E-state index in [1.165, 1.54) is 22.6 Å². The summed E-state index contributed by atoms with van der Waals surface area (Å²) in [7, 11) is 0. The zero-order valence-corrected chi connectivity index (χ0v) is 11.1. The molecule has 84 valence electrons. The van der Waals surface area contributed by atoms with E-state index in [1.54, 1.807) is 0 Å². The van der Waals surface area contributed by atoms with Crippen molar-refractivity contribution in [1.82, 2.24) is 0 Å². The average molecular weight is 222 g/mol. The van der Waals surface area contributed by atoms with E-state index in [2.05, 4.69) is 52.0 Å². The van der Waals surface area contributed by atoms with Gasteiger partial charge in [0.15, 0.2) is 0 Å². The van der Waals surface area contributed by atoms with Gasteiger partial charge in [0.05, 0.1) is 0 Å². The smallest absolute Gasteiger partial charge is 0.00747 e. The first-order chi connectivity index (χ1) is 7.09. The lowest BCUT2D eigenvalue weighted by Gasteiger charge is -2.08. The number of thioether (sulfide) groups is 1. The third kappa shape index (κ3) is 4.74. The molecule has 0 aliphatic carbocycles. The fourth-order valence-corrected chi connectivity index (χ4v) is 2.60. The molecule has 0 amide bonds. The zero-order valence-electron chi connectivity index (χ0n) is 10.3. The first-order valence-electron chi connectivity index (χ1n) is 5.82. The molecular weight excluding hydrogens is 200 g/mol. The fourth-order valence-electron chi connectivity index (χ4n) is 1.38. The molecule has 0 bridgehead atoms. The van der Waals surface area contributed by atoms with Crippen LogP contribution in [0.5, 0.6) is 0 Å². The molecule has 0 aliphatic heterocycles. The molecule has 0 spiro atoms. The zero-order chi connectivity index (χ0) is 11.3. The predicted molar refractivity (Wildman–Crippen MR) is 70.7 cm³/mol. The number of benzene rings is 1. The minimum absolute atomic E-state index is 0.635. The Kier molecular flexibility index (Phi) is 5.24. The van der Waals surface area contributed by atoms with Gasteiger partial charge in [0, 0.05) is 4.90 Å². The fraction of sp³-hybridized carbons (Fsp3) is 0.571. The molecule has 0 N–H and O–H groups in total. The van der Waals surface area contributed by atoms with Gasteiger partial charge in [-0.05, 0) is 41.7 Å². The highest BCUT2D eigenvalue weighted by Crippen LogP contribution is 2.24. The Balaban J connectivity index is 2.50. The third-order valence-electron chi connectivity index (χ3n) is 2.49. The van der Waals surface area contributed by atoms with Crippen molar-refractivity contribution in [3.05, 3.63) is 29.8 Å². The maximum Gasteiger partial charge on any atom is 0.00747 e. The largest absolute Gasteiger partial charge is 0.126 e. The second-order valence-corrected chi connectivity index (χ2v) is 5.93. The van der Waals surface area contributed by atoms with Gasteiger partial charge in [-0.2, -0.15) is 0 Å². The number of hydrogen-bond donors (Lipinski definition) is 0. The summed E-state index contributed by atoms with van der Waals surface area (Å²) < 4.78 is 0. The lowest BCUT2D eigenvalue weighted by molar-refractivity contribution is 0.632. The van der Waals surface area contributed by atoms with Gasteiger partial charge in [0.2, 0.25) is 0 Å². The molecule has 0 heterocycles. The summed E-state index contributed by atoms with van der Waals surface area (Å²) in [5.41, 5.74) is 1.45. The molecule has 0 atom stereocenters. The lowest BCUT2D eigenvalue weighted by atomic mass is 10.0. The molecule has 0 fully saturated rings. The Bertz CT molecular complexity index is 289. The van der Waals surface area contributed by atoms with E-state index >= 15 is 0 Å². The van der Waals surface area contributed by atoms with E-state index in [9.17, 15) is 0 Å². The molecular formula is C14H22S. The summed E-state index contributed by atoms with van der Waals surface area (Å²) >= 11 is 1.98. The number of hydrogen-bond acceptors (Lipinski definition) is 1. The second kappa shape index (κ2) is 6.22. The Morgan fingerprint density at radius 2 is 1.87 bits per heavy atom. The molecule has 1 heteroatoms. The summed E-state index contributed by atoms with van der Waals surface area (Å²) in [5.74, 6) is 2.68. The normalized spacial score (nSPS) is 11.3. The SMILES string of the molecule is CC(C)CCSc1cccc(C(C)C)c1. The van der Waals surface area contributed by atoms with Gasteiger partial charge in [-0.3, -0.25) is 0 Å². The van der Waals surface area contributed by atoms with Gasteiger partial charge in [0.25, 0.3) is 0 Å². The Hall–Kier alpha value is -0.430. The van der Waals surface area contributed by atoms with Crippen LogP contribution in [0.3, 0.4) is 0 Å². The minimum atomic E-state index is 0.635. The molecule has 1 rings (SSSR count). The van der Waals surface area contributed by atoms with E-state index in [0.29, 0.717) is 5.92 Å². The van der Waals surface area contributed by atoms with E-state index in [4.69, 9.17) is 0 Å². The van der Waals surface area contributed by atoms with E-state index < -0.39 is 0 Å². The van der Waals surface area contributed by atoms with Crippen LogP contribution in [0.25, 0.3) is 0 Å². The summed E-state index contributed by atoms with van der Waals surface area (Å²) in [6.45, 7) is 9.06. The van der Waals surface area contributed by atoms with Crippen molar-refractivity contribution in [2.45, 2.75) is 44.9 Å². The Morgan fingerprint density at radius 3 is 2.47 bits per heavy atom. The molecule has 0 radical (unpaired) electrons. The van der Waals surface area contributed by atoms with Crippen LogP contribution in [-0.2, 0) is 0 Å². The molecule has 0 unspecified atom stereocenters. The van der Waals surface area contributed by atoms with Crippen molar-refractivity contribution in [2.75, 3.05) is 5.75 Å². The van der Waals surface area contributed by atoms with Crippen LogP contribution in [-0.4, -0.2) is 5.75 Å². The molecule has 1 aromatic rings. The van der Waals surface area contributed by atoms with Gasteiger partial charge in [0.1, 0.15) is 0 Å². The first kappa shape index (κ1) is 12.6. The van der Waals surface area contributed by atoms with Gasteiger partial charge < -0.3 is 0 Å².